The van der Waals surface area contributed by atoms with Crippen LogP contribution in [0.25, 0.3) is 66.1 Å². The van der Waals surface area contributed by atoms with E-state index in [1.54, 1.807) is 0 Å². The Hall–Kier alpha value is -5.22. The minimum atomic E-state index is 1.11. The molecular weight excluding hydrogens is 464 g/mol. The first kappa shape index (κ1) is 20.9. The van der Waals surface area contributed by atoms with Crippen molar-refractivity contribution in [2.45, 2.75) is 0 Å². The number of fused-ring (bicyclic) bond motifs is 6. The summed E-state index contributed by atoms with van der Waals surface area (Å²) in [6.45, 7) is 0. The summed E-state index contributed by atoms with van der Waals surface area (Å²) in [6, 6.07) is 38.8. The first-order valence-electron chi connectivity index (χ1n) is 12.7. The third-order valence-electron chi connectivity index (χ3n) is 7.49. The van der Waals surface area contributed by atoms with Gasteiger partial charge in [-0.15, -0.1) is 0 Å². The van der Waals surface area contributed by atoms with Crippen LogP contribution in [-0.4, -0.2) is 19.1 Å². The van der Waals surface area contributed by atoms with E-state index in [2.05, 4.69) is 128 Å². The quantitative estimate of drug-likeness (QED) is 0.252. The highest BCUT2D eigenvalue weighted by molar-refractivity contribution is 6.10. The molecule has 0 bridgehead atoms. The lowest BCUT2D eigenvalue weighted by Crippen LogP contribution is -1.96. The molecule has 0 aliphatic rings. The molecule has 0 atom stereocenters. The number of nitrogens with zero attached hydrogens (tertiary/aromatic N) is 4. The van der Waals surface area contributed by atoms with Gasteiger partial charge in [-0.25, -0.2) is 0 Å². The highest BCUT2D eigenvalue weighted by atomic mass is 15.0. The van der Waals surface area contributed by atoms with Crippen molar-refractivity contribution in [3.05, 3.63) is 134 Å². The van der Waals surface area contributed by atoms with E-state index in [1.165, 1.54) is 32.6 Å². The third-order valence-corrected chi connectivity index (χ3v) is 7.49. The summed E-state index contributed by atoms with van der Waals surface area (Å²) in [4.78, 5) is 8.87. The summed E-state index contributed by atoms with van der Waals surface area (Å²) in [7, 11) is 0. The maximum atomic E-state index is 4.44. The van der Waals surface area contributed by atoms with Crippen molar-refractivity contribution in [1.82, 2.24) is 19.1 Å². The van der Waals surface area contributed by atoms with Gasteiger partial charge in [0.05, 0.1) is 34.5 Å². The second-order valence-corrected chi connectivity index (χ2v) is 9.59. The lowest BCUT2D eigenvalue weighted by atomic mass is 10.0. The Morgan fingerprint density at radius 2 is 0.842 bits per heavy atom. The zero-order valence-corrected chi connectivity index (χ0v) is 20.5. The van der Waals surface area contributed by atoms with Crippen molar-refractivity contribution in [2.75, 3.05) is 0 Å². The van der Waals surface area contributed by atoms with Crippen LogP contribution in [0.4, 0.5) is 0 Å². The molecule has 0 radical (unpaired) electrons. The van der Waals surface area contributed by atoms with Crippen LogP contribution in [-0.2, 0) is 0 Å². The second-order valence-electron chi connectivity index (χ2n) is 9.59. The maximum absolute atomic E-state index is 4.44. The normalized spacial score (nSPS) is 11.7. The van der Waals surface area contributed by atoms with E-state index in [9.17, 15) is 0 Å². The van der Waals surface area contributed by atoms with Gasteiger partial charge in [-0.1, -0.05) is 60.7 Å². The Kier molecular flexibility index (Phi) is 4.49. The molecule has 4 aromatic heterocycles. The predicted octanol–water partition coefficient (Wildman–Crippen LogP) is 8.34. The summed E-state index contributed by atoms with van der Waals surface area (Å²) < 4.78 is 4.62. The Bertz CT molecular complexity index is 1890. The van der Waals surface area contributed by atoms with Gasteiger partial charge in [0, 0.05) is 45.3 Å². The maximum Gasteiger partial charge on any atom is 0.0724 e. The number of rotatable bonds is 3. The molecule has 0 N–H and O–H groups in total. The van der Waals surface area contributed by atoms with Crippen molar-refractivity contribution < 1.29 is 0 Å². The van der Waals surface area contributed by atoms with E-state index in [-0.39, 0.29) is 0 Å². The minimum Gasteiger partial charge on any atom is -0.308 e. The van der Waals surface area contributed by atoms with Crippen LogP contribution in [0.5, 0.6) is 0 Å². The fourth-order valence-electron chi connectivity index (χ4n) is 5.84. The Morgan fingerprint density at radius 1 is 0.395 bits per heavy atom. The third kappa shape index (κ3) is 3.04. The number of hydrogen-bond acceptors (Lipinski definition) is 2. The van der Waals surface area contributed by atoms with Crippen LogP contribution in [0.15, 0.2) is 134 Å². The molecule has 4 nitrogen and oxygen atoms in total. The van der Waals surface area contributed by atoms with E-state index in [0.717, 1.165) is 33.5 Å². The topological polar surface area (TPSA) is 35.6 Å². The summed E-state index contributed by atoms with van der Waals surface area (Å²) >= 11 is 0. The fraction of sp³-hybridized carbons (Fsp3) is 0. The van der Waals surface area contributed by atoms with E-state index in [1.807, 2.05) is 24.8 Å². The number of benzene rings is 4. The first-order chi connectivity index (χ1) is 18.9. The summed E-state index contributed by atoms with van der Waals surface area (Å²) in [5.41, 5.74) is 9.14. The lowest BCUT2D eigenvalue weighted by molar-refractivity contribution is 1.16. The minimum absolute atomic E-state index is 1.11. The average Bonchev–Trinajstić information content (AvgIpc) is 3.51. The number of para-hydroxylation sites is 2. The molecule has 8 aromatic rings. The highest BCUT2D eigenvalue weighted by Gasteiger charge is 2.14. The van der Waals surface area contributed by atoms with E-state index < -0.39 is 0 Å². The van der Waals surface area contributed by atoms with Crippen molar-refractivity contribution in [3.63, 3.8) is 0 Å². The number of aromatic nitrogens is 4. The van der Waals surface area contributed by atoms with Gasteiger partial charge in [0.15, 0.2) is 0 Å². The van der Waals surface area contributed by atoms with Crippen LogP contribution in [0.3, 0.4) is 0 Å². The van der Waals surface area contributed by atoms with E-state index >= 15 is 0 Å². The van der Waals surface area contributed by atoms with Gasteiger partial charge in [-0.2, -0.15) is 0 Å². The monoisotopic (exact) mass is 486 g/mol. The van der Waals surface area contributed by atoms with Gasteiger partial charge in [0.2, 0.25) is 0 Å². The first-order valence-corrected chi connectivity index (χ1v) is 12.7. The molecule has 0 aliphatic carbocycles. The highest BCUT2D eigenvalue weighted by Crippen LogP contribution is 2.35. The molecule has 0 aliphatic heterocycles. The number of pyridine rings is 2. The van der Waals surface area contributed by atoms with E-state index in [0.29, 0.717) is 0 Å². The smallest absolute Gasteiger partial charge is 0.0724 e. The standard InChI is InChI=1S/C34H22N4/c1-3-13-31-27(11-1)29-15-17-35-21-33(29)37(31)25-9-5-7-23(19-25)24-8-6-10-26(20-24)38-32-14-4-2-12-28(32)30-16-18-36-22-34(30)38/h1-22H. The molecule has 4 heteroatoms. The predicted molar refractivity (Wildman–Crippen MR) is 156 cm³/mol. The molecule has 8 rings (SSSR count). The van der Waals surface area contributed by atoms with Gasteiger partial charge < -0.3 is 9.13 Å². The van der Waals surface area contributed by atoms with Crippen molar-refractivity contribution in [2.24, 2.45) is 0 Å². The summed E-state index contributed by atoms with van der Waals surface area (Å²) in [5.74, 6) is 0. The van der Waals surface area contributed by atoms with Crippen LogP contribution in [0, 0.1) is 0 Å². The van der Waals surface area contributed by atoms with Crippen LogP contribution in [0.2, 0.25) is 0 Å². The molecule has 0 saturated heterocycles. The Morgan fingerprint density at radius 3 is 1.34 bits per heavy atom. The van der Waals surface area contributed by atoms with Crippen LogP contribution >= 0.6 is 0 Å². The molecule has 4 heterocycles. The zero-order valence-electron chi connectivity index (χ0n) is 20.5. The molecule has 38 heavy (non-hydrogen) atoms. The van der Waals surface area contributed by atoms with Crippen molar-refractivity contribution >= 4 is 43.6 Å². The molecule has 0 spiro atoms. The fourth-order valence-corrected chi connectivity index (χ4v) is 5.84. The molecule has 0 fully saturated rings. The summed E-state index contributed by atoms with van der Waals surface area (Å²) in [5, 5.41) is 4.89. The van der Waals surface area contributed by atoms with Crippen LogP contribution < -0.4 is 0 Å². The zero-order chi connectivity index (χ0) is 25.1. The van der Waals surface area contributed by atoms with E-state index in [4.69, 9.17) is 0 Å². The largest absolute Gasteiger partial charge is 0.308 e. The SMILES string of the molecule is c1cc(-c2cccc(-n3c4ccccc4c4ccncc43)c2)cc(-n2c3ccccc3c3ccncc32)c1. The molecular formula is C34H22N4. The van der Waals surface area contributed by atoms with Crippen LogP contribution in [0.1, 0.15) is 0 Å². The molecule has 178 valence electrons. The Balaban J connectivity index is 1.32. The van der Waals surface area contributed by atoms with Gasteiger partial charge in [0.1, 0.15) is 0 Å². The lowest BCUT2D eigenvalue weighted by Gasteiger charge is -2.12. The van der Waals surface area contributed by atoms with Crippen molar-refractivity contribution in [1.29, 1.82) is 0 Å². The van der Waals surface area contributed by atoms with Gasteiger partial charge in [-0.3, -0.25) is 9.97 Å². The molecule has 0 unspecified atom stereocenters. The van der Waals surface area contributed by atoms with Gasteiger partial charge in [0.25, 0.3) is 0 Å². The summed E-state index contributed by atoms with van der Waals surface area (Å²) in [6.07, 6.45) is 7.65. The molecule has 0 amide bonds. The molecule has 4 aromatic carbocycles. The average molecular weight is 487 g/mol. The van der Waals surface area contributed by atoms with Gasteiger partial charge in [-0.05, 0) is 59.7 Å². The second kappa shape index (κ2) is 8.15. The van der Waals surface area contributed by atoms with Gasteiger partial charge >= 0.3 is 0 Å². The van der Waals surface area contributed by atoms with Crippen molar-refractivity contribution in [3.8, 4) is 22.5 Å². The Labute approximate surface area is 219 Å². The molecule has 0 saturated carbocycles. The number of hydrogen-bond donors (Lipinski definition) is 0.